The van der Waals surface area contributed by atoms with Gasteiger partial charge in [-0.3, -0.25) is 5.32 Å². The Morgan fingerprint density at radius 2 is 2.00 bits per heavy atom. The number of nitrogens with one attached hydrogen (secondary N) is 1. The SMILES string of the molecule is NC(N)NCCC[C@@H](N)C=O. The van der Waals surface area contributed by atoms with Gasteiger partial charge < -0.3 is 22.0 Å². The van der Waals surface area contributed by atoms with Crippen molar-refractivity contribution in [2.45, 2.75) is 25.2 Å². The monoisotopic (exact) mass is 160 g/mol. The fraction of sp³-hybridized carbons (Fsp3) is 0.833. The highest BCUT2D eigenvalue weighted by molar-refractivity contribution is 5.56. The van der Waals surface area contributed by atoms with E-state index in [1.807, 2.05) is 0 Å². The molecule has 0 fully saturated rings. The second-order valence-corrected chi connectivity index (χ2v) is 2.42. The molecule has 1 atom stereocenters. The summed E-state index contributed by atoms with van der Waals surface area (Å²) in [7, 11) is 0. The molecule has 5 nitrogen and oxygen atoms in total. The van der Waals surface area contributed by atoms with Crippen LogP contribution in [0.4, 0.5) is 0 Å². The van der Waals surface area contributed by atoms with Gasteiger partial charge in [0, 0.05) is 0 Å². The Balaban J connectivity index is 3.07. The zero-order valence-electron chi connectivity index (χ0n) is 6.49. The first-order valence-corrected chi connectivity index (χ1v) is 3.62. The van der Waals surface area contributed by atoms with Gasteiger partial charge in [-0.1, -0.05) is 0 Å². The van der Waals surface area contributed by atoms with E-state index in [9.17, 15) is 4.79 Å². The summed E-state index contributed by atoms with van der Waals surface area (Å²) in [5.74, 6) is 0. The first-order chi connectivity index (χ1) is 5.16. The van der Waals surface area contributed by atoms with E-state index >= 15 is 0 Å². The lowest BCUT2D eigenvalue weighted by Gasteiger charge is -2.08. The summed E-state index contributed by atoms with van der Waals surface area (Å²) in [6.45, 7) is 0.694. The second kappa shape index (κ2) is 6.23. The van der Waals surface area contributed by atoms with Gasteiger partial charge in [0.25, 0.3) is 0 Å². The number of carbonyl (C=O) groups excluding carboxylic acids is 1. The fourth-order valence-corrected chi connectivity index (χ4v) is 0.675. The molecule has 0 aromatic heterocycles. The Bertz CT molecular complexity index is 107. The topological polar surface area (TPSA) is 107 Å². The van der Waals surface area contributed by atoms with Crippen LogP contribution >= 0.6 is 0 Å². The Morgan fingerprint density at radius 1 is 1.36 bits per heavy atom. The molecule has 0 bridgehead atoms. The van der Waals surface area contributed by atoms with E-state index < -0.39 is 6.29 Å². The van der Waals surface area contributed by atoms with Crippen LogP contribution in [0.25, 0.3) is 0 Å². The first-order valence-electron chi connectivity index (χ1n) is 3.62. The molecule has 0 saturated heterocycles. The number of carbonyl (C=O) groups is 1. The lowest BCUT2D eigenvalue weighted by molar-refractivity contribution is -0.109. The zero-order chi connectivity index (χ0) is 8.69. The Labute approximate surface area is 66.3 Å². The molecule has 0 amide bonds. The molecule has 66 valence electrons. The first kappa shape index (κ1) is 10.5. The van der Waals surface area contributed by atoms with E-state index in [1.165, 1.54) is 0 Å². The number of rotatable bonds is 6. The predicted molar refractivity (Wildman–Crippen MR) is 43.4 cm³/mol. The van der Waals surface area contributed by atoms with Crippen molar-refractivity contribution in [3.8, 4) is 0 Å². The summed E-state index contributed by atoms with van der Waals surface area (Å²) >= 11 is 0. The van der Waals surface area contributed by atoms with Crippen molar-refractivity contribution in [2.24, 2.45) is 17.2 Å². The molecule has 0 saturated carbocycles. The van der Waals surface area contributed by atoms with Crippen molar-refractivity contribution in [1.82, 2.24) is 5.32 Å². The van der Waals surface area contributed by atoms with Gasteiger partial charge in [-0.15, -0.1) is 0 Å². The molecule has 0 aromatic carbocycles. The van der Waals surface area contributed by atoms with Crippen LogP contribution in [0, 0.1) is 0 Å². The van der Waals surface area contributed by atoms with E-state index in [4.69, 9.17) is 17.2 Å². The van der Waals surface area contributed by atoms with Gasteiger partial charge in [0.05, 0.1) is 6.04 Å². The molecule has 0 unspecified atom stereocenters. The van der Waals surface area contributed by atoms with Crippen LogP contribution in [0.15, 0.2) is 0 Å². The molecule has 0 aliphatic rings. The third-order valence-corrected chi connectivity index (χ3v) is 1.27. The molecular formula is C6H16N4O. The van der Waals surface area contributed by atoms with Crippen LogP contribution in [-0.4, -0.2) is 25.2 Å². The Hall–Kier alpha value is -0.490. The molecule has 0 rings (SSSR count). The highest BCUT2D eigenvalue weighted by Gasteiger charge is 1.98. The fourth-order valence-electron chi connectivity index (χ4n) is 0.675. The van der Waals surface area contributed by atoms with Crippen LogP contribution in [0.1, 0.15) is 12.8 Å². The van der Waals surface area contributed by atoms with Gasteiger partial charge >= 0.3 is 0 Å². The van der Waals surface area contributed by atoms with Gasteiger partial charge in [-0.05, 0) is 19.4 Å². The Morgan fingerprint density at radius 3 is 2.45 bits per heavy atom. The molecule has 0 aromatic rings. The normalized spacial score (nSPS) is 13.5. The standard InChI is InChI=1S/C6H16N4O/c7-5(4-11)2-1-3-10-6(8)9/h4-6,10H,1-3,7-9H2/t5-/m1/s1. The van der Waals surface area contributed by atoms with Crippen LogP contribution in [0.5, 0.6) is 0 Å². The van der Waals surface area contributed by atoms with Crippen LogP contribution in [0.3, 0.4) is 0 Å². The minimum absolute atomic E-state index is 0.356. The summed E-state index contributed by atoms with van der Waals surface area (Å²) < 4.78 is 0. The third kappa shape index (κ3) is 7.41. The quantitative estimate of drug-likeness (QED) is 0.206. The molecular weight excluding hydrogens is 144 g/mol. The summed E-state index contributed by atoms with van der Waals surface area (Å²) in [6, 6.07) is -0.356. The maximum atomic E-state index is 10.0. The third-order valence-electron chi connectivity index (χ3n) is 1.27. The Kier molecular flexibility index (Phi) is 5.96. The van der Waals surface area contributed by atoms with Gasteiger partial charge in [0.1, 0.15) is 12.6 Å². The van der Waals surface area contributed by atoms with E-state index in [-0.39, 0.29) is 6.04 Å². The van der Waals surface area contributed by atoms with Gasteiger partial charge in [0.2, 0.25) is 0 Å². The lowest BCUT2D eigenvalue weighted by Crippen LogP contribution is -2.45. The summed E-state index contributed by atoms with van der Waals surface area (Å²) in [5, 5.41) is 2.81. The molecule has 5 heteroatoms. The lowest BCUT2D eigenvalue weighted by atomic mass is 10.2. The van der Waals surface area contributed by atoms with Crippen molar-refractivity contribution in [2.75, 3.05) is 6.54 Å². The molecule has 11 heavy (non-hydrogen) atoms. The number of hydrogen-bond acceptors (Lipinski definition) is 5. The van der Waals surface area contributed by atoms with Crippen molar-refractivity contribution in [1.29, 1.82) is 0 Å². The number of hydrogen-bond donors (Lipinski definition) is 4. The highest BCUT2D eigenvalue weighted by Crippen LogP contribution is 1.89. The van der Waals surface area contributed by atoms with E-state index in [0.29, 0.717) is 13.0 Å². The largest absolute Gasteiger partial charge is 0.322 e. The summed E-state index contributed by atoms with van der Waals surface area (Å²) in [4.78, 5) is 10.0. The van der Waals surface area contributed by atoms with Crippen molar-refractivity contribution in [3.05, 3.63) is 0 Å². The van der Waals surface area contributed by atoms with Gasteiger partial charge in [0.15, 0.2) is 0 Å². The van der Waals surface area contributed by atoms with Crippen LogP contribution in [-0.2, 0) is 4.79 Å². The van der Waals surface area contributed by atoms with Crippen molar-refractivity contribution < 1.29 is 4.79 Å². The molecule has 0 aliphatic carbocycles. The maximum Gasteiger partial charge on any atom is 0.136 e. The van der Waals surface area contributed by atoms with E-state index in [1.54, 1.807) is 0 Å². The second-order valence-electron chi connectivity index (χ2n) is 2.42. The smallest absolute Gasteiger partial charge is 0.136 e. The molecule has 0 spiro atoms. The van der Waals surface area contributed by atoms with Gasteiger partial charge in [-0.25, -0.2) is 0 Å². The van der Waals surface area contributed by atoms with Crippen molar-refractivity contribution in [3.63, 3.8) is 0 Å². The summed E-state index contributed by atoms with van der Waals surface area (Å²) in [5.41, 5.74) is 15.7. The van der Waals surface area contributed by atoms with Gasteiger partial charge in [-0.2, -0.15) is 0 Å². The highest BCUT2D eigenvalue weighted by atomic mass is 16.1. The number of nitrogens with two attached hydrogens (primary N) is 3. The molecule has 0 radical (unpaired) electrons. The van der Waals surface area contributed by atoms with Crippen molar-refractivity contribution >= 4 is 6.29 Å². The molecule has 0 heterocycles. The summed E-state index contributed by atoms with van der Waals surface area (Å²) in [6.07, 6.45) is 1.73. The predicted octanol–water partition coefficient (Wildman–Crippen LogP) is -1.92. The minimum Gasteiger partial charge on any atom is -0.322 e. The molecule has 7 N–H and O–H groups in total. The minimum atomic E-state index is -0.484. The van der Waals surface area contributed by atoms with Crippen LogP contribution in [0.2, 0.25) is 0 Å². The van der Waals surface area contributed by atoms with E-state index in [2.05, 4.69) is 5.32 Å². The number of aldehydes is 1. The zero-order valence-corrected chi connectivity index (χ0v) is 6.49. The maximum absolute atomic E-state index is 10.0. The average Bonchev–Trinajstić information content (AvgIpc) is 1.97. The van der Waals surface area contributed by atoms with Crippen LogP contribution < -0.4 is 22.5 Å². The van der Waals surface area contributed by atoms with E-state index in [0.717, 1.165) is 12.7 Å². The molecule has 0 aliphatic heterocycles. The average molecular weight is 160 g/mol.